The van der Waals surface area contributed by atoms with Gasteiger partial charge in [0.25, 0.3) is 0 Å². The van der Waals surface area contributed by atoms with Crippen molar-refractivity contribution in [3.63, 3.8) is 0 Å². The summed E-state index contributed by atoms with van der Waals surface area (Å²) in [4.78, 5) is 27.0. The molecule has 22 heavy (non-hydrogen) atoms. The van der Waals surface area contributed by atoms with Crippen LogP contribution in [0, 0.1) is 5.92 Å². The van der Waals surface area contributed by atoms with Crippen molar-refractivity contribution in [3.05, 3.63) is 18.3 Å². The maximum atomic E-state index is 11.7. The Morgan fingerprint density at radius 3 is 2.41 bits per heavy atom. The molecule has 0 radical (unpaired) electrons. The van der Waals surface area contributed by atoms with Gasteiger partial charge in [0.1, 0.15) is 0 Å². The van der Waals surface area contributed by atoms with Gasteiger partial charge < -0.3 is 16.4 Å². The van der Waals surface area contributed by atoms with Gasteiger partial charge >= 0.3 is 0 Å². The van der Waals surface area contributed by atoms with Crippen molar-refractivity contribution < 1.29 is 18.0 Å². The standard InChI is InChI=1S/C13H20N4O4S/c1-8(2)12(14)13(19)16-7-10(18)17-9-4-5-11(15-6-9)22(3,20)21/h4-6,8,12H,7,14H2,1-3H3,(H,16,19)(H,17,18)/t12-/m0/s1. The Balaban J connectivity index is 2.54. The molecule has 0 fully saturated rings. The van der Waals surface area contributed by atoms with E-state index in [1.165, 1.54) is 18.3 Å². The number of carbonyl (C=O) groups excluding carboxylic acids is 2. The number of aromatic nitrogens is 1. The van der Waals surface area contributed by atoms with Gasteiger partial charge in [-0.1, -0.05) is 13.8 Å². The second kappa shape index (κ2) is 7.32. The number of anilines is 1. The summed E-state index contributed by atoms with van der Waals surface area (Å²) in [6.45, 7) is 3.38. The van der Waals surface area contributed by atoms with Gasteiger partial charge in [-0.3, -0.25) is 9.59 Å². The molecule has 122 valence electrons. The van der Waals surface area contributed by atoms with E-state index in [4.69, 9.17) is 5.73 Å². The van der Waals surface area contributed by atoms with Crippen LogP contribution in [-0.2, 0) is 19.4 Å². The first-order valence-electron chi connectivity index (χ1n) is 6.60. The minimum absolute atomic E-state index is 0.0317. The number of nitrogens with one attached hydrogen (secondary N) is 2. The molecule has 1 heterocycles. The molecule has 0 aliphatic heterocycles. The minimum Gasteiger partial charge on any atom is -0.346 e. The highest BCUT2D eigenvalue weighted by molar-refractivity contribution is 7.90. The Kier molecular flexibility index (Phi) is 6.01. The zero-order valence-corrected chi connectivity index (χ0v) is 13.5. The number of sulfone groups is 1. The van der Waals surface area contributed by atoms with E-state index in [2.05, 4.69) is 15.6 Å². The van der Waals surface area contributed by atoms with Gasteiger partial charge in [0.2, 0.25) is 11.8 Å². The highest BCUT2D eigenvalue weighted by Crippen LogP contribution is 2.09. The number of hydrogen-bond donors (Lipinski definition) is 3. The van der Waals surface area contributed by atoms with Gasteiger partial charge in [0, 0.05) is 6.26 Å². The van der Waals surface area contributed by atoms with Gasteiger partial charge in [-0.05, 0) is 18.1 Å². The molecule has 0 aliphatic carbocycles. The normalized spacial score (nSPS) is 12.8. The summed E-state index contributed by atoms with van der Waals surface area (Å²) in [6, 6.07) is 2.03. The molecular weight excluding hydrogens is 308 g/mol. The van der Waals surface area contributed by atoms with Crippen molar-refractivity contribution in [2.24, 2.45) is 11.7 Å². The predicted octanol–water partition coefficient (Wildman–Crippen LogP) is -0.477. The van der Waals surface area contributed by atoms with E-state index in [9.17, 15) is 18.0 Å². The van der Waals surface area contributed by atoms with Crippen LogP contribution in [-0.4, -0.2) is 44.1 Å². The highest BCUT2D eigenvalue weighted by Gasteiger charge is 2.17. The average molecular weight is 328 g/mol. The lowest BCUT2D eigenvalue weighted by Gasteiger charge is -2.15. The number of rotatable bonds is 6. The summed E-state index contributed by atoms with van der Waals surface area (Å²) >= 11 is 0. The molecule has 0 saturated carbocycles. The number of pyridine rings is 1. The van der Waals surface area contributed by atoms with Crippen LogP contribution in [0.4, 0.5) is 5.69 Å². The lowest BCUT2D eigenvalue weighted by molar-refractivity contribution is -0.125. The van der Waals surface area contributed by atoms with Crippen molar-refractivity contribution in [3.8, 4) is 0 Å². The Morgan fingerprint density at radius 1 is 1.32 bits per heavy atom. The first-order valence-corrected chi connectivity index (χ1v) is 8.49. The third kappa shape index (κ3) is 5.41. The molecule has 8 nitrogen and oxygen atoms in total. The van der Waals surface area contributed by atoms with Gasteiger partial charge in [0.15, 0.2) is 14.9 Å². The van der Waals surface area contributed by atoms with Crippen LogP contribution in [0.25, 0.3) is 0 Å². The van der Waals surface area contributed by atoms with Crippen molar-refractivity contribution in [1.82, 2.24) is 10.3 Å². The fourth-order valence-electron chi connectivity index (χ4n) is 1.47. The summed E-state index contributed by atoms with van der Waals surface area (Å²) in [5, 5.41) is 4.84. The zero-order chi connectivity index (χ0) is 16.9. The van der Waals surface area contributed by atoms with Gasteiger partial charge in [0.05, 0.1) is 24.5 Å². The largest absolute Gasteiger partial charge is 0.346 e. The molecule has 0 aromatic carbocycles. The first kappa shape index (κ1) is 18.1. The van der Waals surface area contributed by atoms with Crippen molar-refractivity contribution in [1.29, 1.82) is 0 Å². The van der Waals surface area contributed by atoms with E-state index in [0.29, 0.717) is 5.69 Å². The maximum Gasteiger partial charge on any atom is 0.243 e. The Labute approximate surface area is 129 Å². The van der Waals surface area contributed by atoms with E-state index >= 15 is 0 Å². The summed E-state index contributed by atoms with van der Waals surface area (Å²) in [6.07, 6.45) is 2.27. The predicted molar refractivity (Wildman–Crippen MR) is 81.8 cm³/mol. The number of amides is 2. The lowest BCUT2D eigenvalue weighted by atomic mass is 10.1. The Bertz CT molecular complexity index is 641. The fourth-order valence-corrected chi connectivity index (χ4v) is 2.03. The molecule has 4 N–H and O–H groups in total. The van der Waals surface area contributed by atoms with Crippen LogP contribution in [0.15, 0.2) is 23.4 Å². The maximum absolute atomic E-state index is 11.7. The van der Waals surface area contributed by atoms with Crippen LogP contribution < -0.4 is 16.4 Å². The lowest BCUT2D eigenvalue weighted by Crippen LogP contribution is -2.46. The summed E-state index contributed by atoms with van der Waals surface area (Å²) < 4.78 is 22.5. The molecule has 1 rings (SSSR count). The second-order valence-electron chi connectivity index (χ2n) is 5.19. The second-order valence-corrected chi connectivity index (χ2v) is 7.16. The Morgan fingerprint density at radius 2 is 1.95 bits per heavy atom. The van der Waals surface area contributed by atoms with Crippen LogP contribution in [0.2, 0.25) is 0 Å². The van der Waals surface area contributed by atoms with Crippen molar-refractivity contribution in [2.45, 2.75) is 24.9 Å². The third-order valence-corrected chi connectivity index (χ3v) is 3.85. The van der Waals surface area contributed by atoms with E-state index in [0.717, 1.165) is 6.26 Å². The van der Waals surface area contributed by atoms with Crippen molar-refractivity contribution in [2.75, 3.05) is 18.1 Å². The quantitative estimate of drug-likeness (QED) is 0.646. The van der Waals surface area contributed by atoms with Crippen LogP contribution >= 0.6 is 0 Å². The summed E-state index contributed by atoms with van der Waals surface area (Å²) in [7, 11) is -3.38. The number of carbonyl (C=O) groups is 2. The van der Waals surface area contributed by atoms with E-state index in [1.807, 2.05) is 0 Å². The molecule has 0 aliphatic rings. The van der Waals surface area contributed by atoms with Gasteiger partial charge in [-0.15, -0.1) is 0 Å². The number of nitrogens with zero attached hydrogens (tertiary/aromatic N) is 1. The number of hydrogen-bond acceptors (Lipinski definition) is 6. The van der Waals surface area contributed by atoms with Crippen LogP contribution in [0.1, 0.15) is 13.8 Å². The molecule has 0 bridgehead atoms. The monoisotopic (exact) mass is 328 g/mol. The molecular formula is C13H20N4O4S. The van der Waals surface area contributed by atoms with E-state index in [-0.39, 0.29) is 17.5 Å². The summed E-state index contributed by atoms with van der Waals surface area (Å²) in [5.74, 6) is -0.898. The van der Waals surface area contributed by atoms with E-state index < -0.39 is 27.7 Å². The fraction of sp³-hybridized carbons (Fsp3) is 0.462. The molecule has 1 atom stereocenters. The molecule has 0 saturated heterocycles. The van der Waals surface area contributed by atoms with Gasteiger partial charge in [-0.25, -0.2) is 13.4 Å². The Hall–Kier alpha value is -2.00. The average Bonchev–Trinajstić information content (AvgIpc) is 2.43. The highest BCUT2D eigenvalue weighted by atomic mass is 32.2. The minimum atomic E-state index is -3.38. The summed E-state index contributed by atoms with van der Waals surface area (Å²) in [5.41, 5.74) is 5.98. The van der Waals surface area contributed by atoms with E-state index in [1.54, 1.807) is 13.8 Å². The zero-order valence-electron chi connectivity index (χ0n) is 12.7. The van der Waals surface area contributed by atoms with Crippen molar-refractivity contribution >= 4 is 27.3 Å². The first-order chi connectivity index (χ1) is 10.1. The molecule has 0 unspecified atom stereocenters. The van der Waals surface area contributed by atoms with Gasteiger partial charge in [-0.2, -0.15) is 0 Å². The molecule has 0 spiro atoms. The SMILES string of the molecule is CC(C)[C@H](N)C(=O)NCC(=O)Nc1ccc(S(C)(=O)=O)nc1. The van der Waals surface area contributed by atoms with Crippen LogP contribution in [0.5, 0.6) is 0 Å². The van der Waals surface area contributed by atoms with Crippen LogP contribution in [0.3, 0.4) is 0 Å². The number of nitrogens with two attached hydrogens (primary N) is 1. The molecule has 1 aromatic heterocycles. The molecule has 9 heteroatoms. The molecule has 1 aromatic rings. The third-order valence-electron chi connectivity index (χ3n) is 2.84. The smallest absolute Gasteiger partial charge is 0.243 e. The topological polar surface area (TPSA) is 131 Å². The molecule has 2 amide bonds.